The van der Waals surface area contributed by atoms with Gasteiger partial charge in [-0.2, -0.15) is 0 Å². The first-order chi connectivity index (χ1) is 10.7. The van der Waals surface area contributed by atoms with Crippen molar-refractivity contribution in [1.29, 1.82) is 0 Å². The summed E-state index contributed by atoms with van der Waals surface area (Å²) in [6.07, 6.45) is 7.16. The number of rotatable bonds is 3. The van der Waals surface area contributed by atoms with Crippen LogP contribution in [-0.4, -0.2) is 41.5 Å². The zero-order chi connectivity index (χ0) is 15.5. The van der Waals surface area contributed by atoms with Gasteiger partial charge >= 0.3 is 5.97 Å². The Morgan fingerprint density at radius 2 is 1.86 bits per heavy atom. The van der Waals surface area contributed by atoms with E-state index in [-0.39, 0.29) is 11.6 Å². The highest BCUT2D eigenvalue weighted by Crippen LogP contribution is 2.35. The molecule has 118 valence electrons. The van der Waals surface area contributed by atoms with Crippen LogP contribution in [0, 0.1) is 5.92 Å². The highest BCUT2D eigenvalue weighted by atomic mass is 16.5. The Morgan fingerprint density at radius 1 is 1.14 bits per heavy atom. The number of amides is 1. The molecule has 2 heterocycles. The van der Waals surface area contributed by atoms with E-state index in [9.17, 15) is 9.59 Å². The molecule has 1 aliphatic carbocycles. The zero-order valence-electron chi connectivity index (χ0n) is 13.0. The fraction of sp³-hybridized carbons (Fsp3) is 0.588. The van der Waals surface area contributed by atoms with Crippen molar-refractivity contribution in [3.63, 3.8) is 0 Å². The zero-order valence-corrected chi connectivity index (χ0v) is 13.0. The minimum absolute atomic E-state index is 0.0554. The van der Waals surface area contributed by atoms with Gasteiger partial charge in [-0.1, -0.05) is 18.9 Å². The molecular formula is C17H22N2O3. The van der Waals surface area contributed by atoms with E-state index in [1.54, 1.807) is 18.2 Å². The van der Waals surface area contributed by atoms with Crippen molar-refractivity contribution in [2.45, 2.75) is 44.6 Å². The number of hydrogen-bond donors (Lipinski definition) is 0. The molecule has 0 unspecified atom stereocenters. The van der Waals surface area contributed by atoms with Crippen molar-refractivity contribution < 1.29 is 14.3 Å². The van der Waals surface area contributed by atoms with E-state index in [1.165, 1.54) is 32.8 Å². The van der Waals surface area contributed by atoms with Crippen LogP contribution in [0.3, 0.4) is 0 Å². The maximum atomic E-state index is 12.8. The number of carbonyl (C=O) groups excluding carboxylic acids is 2. The van der Waals surface area contributed by atoms with Crippen LogP contribution in [0.1, 0.15) is 59.5 Å². The van der Waals surface area contributed by atoms with Crippen LogP contribution < -0.4 is 0 Å². The van der Waals surface area contributed by atoms with E-state index >= 15 is 0 Å². The van der Waals surface area contributed by atoms with Gasteiger partial charge < -0.3 is 9.64 Å². The average Bonchev–Trinajstić information content (AvgIpc) is 3.23. The summed E-state index contributed by atoms with van der Waals surface area (Å²) in [5.74, 6) is 0.0683. The van der Waals surface area contributed by atoms with Gasteiger partial charge in [0.05, 0.1) is 7.11 Å². The highest BCUT2D eigenvalue weighted by Gasteiger charge is 2.36. The molecule has 2 aliphatic rings. The molecule has 0 spiro atoms. The molecular weight excluding hydrogens is 280 g/mol. The highest BCUT2D eigenvalue weighted by molar-refractivity contribution is 5.94. The van der Waals surface area contributed by atoms with E-state index in [2.05, 4.69) is 9.72 Å². The predicted molar refractivity (Wildman–Crippen MR) is 81.6 cm³/mol. The number of pyridine rings is 1. The Morgan fingerprint density at radius 3 is 2.59 bits per heavy atom. The van der Waals surface area contributed by atoms with E-state index in [4.69, 9.17) is 0 Å². The van der Waals surface area contributed by atoms with Crippen molar-refractivity contribution in [2.24, 2.45) is 5.92 Å². The molecule has 22 heavy (non-hydrogen) atoms. The van der Waals surface area contributed by atoms with Crippen molar-refractivity contribution in [3.8, 4) is 0 Å². The maximum Gasteiger partial charge on any atom is 0.356 e. The molecule has 1 aromatic rings. The van der Waals surface area contributed by atoms with Gasteiger partial charge in [0.15, 0.2) is 0 Å². The third-order valence-corrected chi connectivity index (χ3v) is 4.87. The van der Waals surface area contributed by atoms with E-state index in [0.717, 1.165) is 19.4 Å². The predicted octanol–water partition coefficient (Wildman–Crippen LogP) is 2.66. The second kappa shape index (κ2) is 6.46. The lowest BCUT2D eigenvalue weighted by atomic mass is 9.96. The minimum atomic E-state index is -0.511. The smallest absolute Gasteiger partial charge is 0.356 e. The number of carbonyl (C=O) groups is 2. The first-order valence-corrected chi connectivity index (χ1v) is 8.07. The Balaban J connectivity index is 1.79. The average molecular weight is 302 g/mol. The molecule has 0 radical (unpaired) electrons. The van der Waals surface area contributed by atoms with Crippen LogP contribution >= 0.6 is 0 Å². The number of methoxy groups -OCH3 is 1. The quantitative estimate of drug-likeness (QED) is 0.805. The van der Waals surface area contributed by atoms with Crippen molar-refractivity contribution in [2.75, 3.05) is 13.7 Å². The van der Waals surface area contributed by atoms with Gasteiger partial charge in [-0.3, -0.25) is 4.79 Å². The maximum absolute atomic E-state index is 12.8. The van der Waals surface area contributed by atoms with Gasteiger partial charge in [0.25, 0.3) is 5.91 Å². The molecule has 1 saturated carbocycles. The van der Waals surface area contributed by atoms with Gasteiger partial charge in [-0.15, -0.1) is 0 Å². The molecule has 1 aliphatic heterocycles. The van der Waals surface area contributed by atoms with E-state index < -0.39 is 5.97 Å². The third-order valence-electron chi connectivity index (χ3n) is 4.87. The van der Waals surface area contributed by atoms with Crippen LogP contribution in [0.15, 0.2) is 18.2 Å². The summed E-state index contributed by atoms with van der Waals surface area (Å²) < 4.78 is 4.67. The Bertz CT molecular complexity index is 567. The lowest BCUT2D eigenvalue weighted by molar-refractivity contribution is 0.0593. The Hall–Kier alpha value is -1.91. The largest absolute Gasteiger partial charge is 0.464 e. The lowest BCUT2D eigenvalue weighted by Crippen LogP contribution is -2.39. The molecule has 2 fully saturated rings. The summed E-state index contributed by atoms with van der Waals surface area (Å²) in [6.45, 7) is 0.796. The van der Waals surface area contributed by atoms with Crippen molar-refractivity contribution >= 4 is 11.9 Å². The van der Waals surface area contributed by atoms with E-state index in [0.29, 0.717) is 17.7 Å². The van der Waals surface area contributed by atoms with Gasteiger partial charge in [-0.05, 0) is 43.7 Å². The molecule has 1 saturated heterocycles. The van der Waals surface area contributed by atoms with Crippen molar-refractivity contribution in [3.05, 3.63) is 29.6 Å². The number of nitrogens with zero attached hydrogens (tertiary/aromatic N) is 2. The molecule has 1 aromatic heterocycles. The SMILES string of the molecule is COC(=O)c1cccc(C(=O)N2CCC[C@H]2C2CCCC2)n1. The Labute approximate surface area is 130 Å². The van der Waals surface area contributed by atoms with E-state index in [1.807, 2.05) is 4.90 Å². The van der Waals surface area contributed by atoms with Gasteiger partial charge in [-0.25, -0.2) is 9.78 Å². The lowest BCUT2D eigenvalue weighted by Gasteiger charge is -2.29. The van der Waals surface area contributed by atoms with Crippen molar-refractivity contribution in [1.82, 2.24) is 9.88 Å². The van der Waals surface area contributed by atoms with Crippen LogP contribution in [0.4, 0.5) is 0 Å². The summed E-state index contributed by atoms with van der Waals surface area (Å²) in [6, 6.07) is 5.28. The molecule has 0 aromatic carbocycles. The topological polar surface area (TPSA) is 59.5 Å². The normalized spacial score (nSPS) is 22.0. The minimum Gasteiger partial charge on any atom is -0.464 e. The van der Waals surface area contributed by atoms with Crippen LogP contribution in [-0.2, 0) is 4.74 Å². The van der Waals surface area contributed by atoms with Gasteiger partial charge in [0.2, 0.25) is 0 Å². The summed E-state index contributed by atoms with van der Waals surface area (Å²) in [7, 11) is 1.31. The van der Waals surface area contributed by atoms with Crippen LogP contribution in [0.2, 0.25) is 0 Å². The second-order valence-electron chi connectivity index (χ2n) is 6.15. The number of esters is 1. The molecule has 0 bridgehead atoms. The summed E-state index contributed by atoms with van der Waals surface area (Å²) >= 11 is 0. The summed E-state index contributed by atoms with van der Waals surface area (Å²) in [5, 5.41) is 0. The third kappa shape index (κ3) is 2.85. The van der Waals surface area contributed by atoms with Gasteiger partial charge in [0.1, 0.15) is 11.4 Å². The molecule has 0 N–H and O–H groups in total. The van der Waals surface area contributed by atoms with Crippen LogP contribution in [0.25, 0.3) is 0 Å². The molecule has 1 atom stereocenters. The second-order valence-corrected chi connectivity index (χ2v) is 6.15. The number of aromatic nitrogens is 1. The van der Waals surface area contributed by atoms with Gasteiger partial charge in [0, 0.05) is 12.6 Å². The first kappa shape index (κ1) is 15.0. The standard InChI is InChI=1S/C17H22N2O3/c1-22-17(21)14-9-4-8-13(18-14)16(20)19-11-5-10-15(19)12-6-2-3-7-12/h4,8-9,12,15H,2-3,5-7,10-11H2,1H3/t15-/m0/s1. The summed E-state index contributed by atoms with van der Waals surface area (Å²) in [4.78, 5) is 30.5. The number of ether oxygens (including phenoxy) is 1. The molecule has 3 rings (SSSR count). The number of likely N-dealkylation sites (tertiary alicyclic amines) is 1. The first-order valence-electron chi connectivity index (χ1n) is 8.07. The molecule has 5 heteroatoms. The fourth-order valence-corrected chi connectivity index (χ4v) is 3.80. The Kier molecular flexibility index (Phi) is 4.41. The molecule has 5 nitrogen and oxygen atoms in total. The van der Waals surface area contributed by atoms with Crippen LogP contribution in [0.5, 0.6) is 0 Å². The summed E-state index contributed by atoms with van der Waals surface area (Å²) in [5.41, 5.74) is 0.526. The molecule has 1 amide bonds. The monoisotopic (exact) mass is 302 g/mol. The number of hydrogen-bond acceptors (Lipinski definition) is 4. The fourth-order valence-electron chi connectivity index (χ4n) is 3.80.